The van der Waals surface area contributed by atoms with Crippen molar-refractivity contribution in [1.82, 2.24) is 0 Å². The van der Waals surface area contributed by atoms with Crippen LogP contribution in [0.3, 0.4) is 0 Å². The van der Waals surface area contributed by atoms with E-state index in [0.717, 1.165) is 13.1 Å². The number of ether oxygens (including phenoxy) is 1. The number of nitrogens with one attached hydrogen (secondary N) is 1. The van der Waals surface area contributed by atoms with Crippen LogP contribution in [0.2, 0.25) is 10.0 Å². The second kappa shape index (κ2) is 6.51. The molecular formula is C18H18Cl2F2N2O2. The Morgan fingerprint density at radius 3 is 2.50 bits per heavy atom. The van der Waals surface area contributed by atoms with Crippen molar-refractivity contribution in [3.8, 4) is 0 Å². The van der Waals surface area contributed by atoms with E-state index in [2.05, 4.69) is 5.32 Å². The van der Waals surface area contributed by atoms with Crippen LogP contribution in [0.15, 0.2) is 30.5 Å². The van der Waals surface area contributed by atoms with Gasteiger partial charge in [0.1, 0.15) is 17.3 Å². The summed E-state index contributed by atoms with van der Waals surface area (Å²) in [7, 11) is 0. The molecular weight excluding hydrogens is 385 g/mol. The van der Waals surface area contributed by atoms with Crippen molar-refractivity contribution in [2.45, 2.75) is 38.2 Å². The predicted octanol–water partition coefficient (Wildman–Crippen LogP) is 5.05. The molecule has 26 heavy (non-hydrogen) atoms. The minimum Gasteiger partial charge on any atom is -0.711 e. The Bertz CT molecular complexity index is 856. The molecule has 140 valence electrons. The van der Waals surface area contributed by atoms with E-state index < -0.39 is 11.3 Å². The SMILES string of the molecule is CC(C)OCC1(C(C)(F)F)c2cc(Cl)ccc2Nc2c1cc(Cl)c[n+]2[O-]. The molecule has 1 unspecified atom stereocenters. The predicted molar refractivity (Wildman–Crippen MR) is 97.6 cm³/mol. The van der Waals surface area contributed by atoms with Crippen molar-refractivity contribution < 1.29 is 18.2 Å². The summed E-state index contributed by atoms with van der Waals surface area (Å²) in [6, 6.07) is 6.00. The molecule has 0 aliphatic carbocycles. The van der Waals surface area contributed by atoms with Gasteiger partial charge in [-0.2, -0.15) is 0 Å². The Morgan fingerprint density at radius 1 is 1.23 bits per heavy atom. The maximum Gasteiger partial charge on any atom is 0.287 e. The van der Waals surface area contributed by atoms with Crippen LogP contribution in [-0.4, -0.2) is 18.6 Å². The minimum atomic E-state index is -3.27. The van der Waals surface area contributed by atoms with Crippen molar-refractivity contribution in [2.24, 2.45) is 0 Å². The van der Waals surface area contributed by atoms with Gasteiger partial charge in [0.15, 0.2) is 0 Å². The summed E-state index contributed by atoms with van der Waals surface area (Å²) in [5.41, 5.74) is -1.21. The van der Waals surface area contributed by atoms with Crippen molar-refractivity contribution >= 4 is 34.7 Å². The van der Waals surface area contributed by atoms with Crippen molar-refractivity contribution in [3.05, 3.63) is 56.8 Å². The first-order valence-electron chi connectivity index (χ1n) is 8.06. The van der Waals surface area contributed by atoms with Crippen LogP contribution in [0.1, 0.15) is 31.9 Å². The van der Waals surface area contributed by atoms with E-state index in [-0.39, 0.29) is 34.7 Å². The van der Waals surface area contributed by atoms with E-state index in [1.54, 1.807) is 26.0 Å². The first-order valence-corrected chi connectivity index (χ1v) is 8.81. The van der Waals surface area contributed by atoms with Crippen LogP contribution < -0.4 is 10.0 Å². The van der Waals surface area contributed by atoms with Gasteiger partial charge in [0.25, 0.3) is 11.7 Å². The quantitative estimate of drug-likeness (QED) is 0.574. The molecule has 0 bridgehead atoms. The highest BCUT2D eigenvalue weighted by Gasteiger charge is 2.59. The molecule has 4 nitrogen and oxygen atoms in total. The number of fused-ring (bicyclic) bond motifs is 2. The van der Waals surface area contributed by atoms with Gasteiger partial charge in [-0.1, -0.05) is 23.2 Å². The molecule has 0 saturated carbocycles. The number of rotatable bonds is 4. The number of anilines is 2. The van der Waals surface area contributed by atoms with Crippen molar-refractivity contribution in [1.29, 1.82) is 0 Å². The van der Waals surface area contributed by atoms with Gasteiger partial charge < -0.3 is 9.94 Å². The lowest BCUT2D eigenvalue weighted by atomic mass is 9.68. The van der Waals surface area contributed by atoms with E-state index in [1.807, 2.05) is 0 Å². The summed E-state index contributed by atoms with van der Waals surface area (Å²) in [6.45, 7) is 3.99. The zero-order valence-electron chi connectivity index (χ0n) is 14.4. The first-order chi connectivity index (χ1) is 12.1. The summed E-state index contributed by atoms with van der Waals surface area (Å²) < 4.78 is 36.4. The standard InChI is InChI=1S/C18H18Cl2F2N2O2/c1-10(2)26-9-18(17(3,21)22)13-6-11(19)4-5-15(13)23-16-14(18)7-12(20)8-24(16)25/h4-8,10,23H,9H2,1-3H3. The maximum absolute atomic E-state index is 15.2. The van der Waals surface area contributed by atoms with Gasteiger partial charge in [-0.05, 0) is 38.1 Å². The van der Waals surface area contributed by atoms with E-state index in [1.165, 1.54) is 12.1 Å². The lowest BCUT2D eigenvalue weighted by molar-refractivity contribution is -0.590. The number of nitrogens with zero attached hydrogens (tertiary/aromatic N) is 1. The summed E-state index contributed by atoms with van der Waals surface area (Å²) in [4.78, 5) is 0. The molecule has 1 atom stereocenters. The lowest BCUT2D eigenvalue weighted by Crippen LogP contribution is -2.52. The van der Waals surface area contributed by atoms with E-state index in [9.17, 15) is 5.21 Å². The fourth-order valence-corrected chi connectivity index (χ4v) is 3.65. The highest BCUT2D eigenvalue weighted by atomic mass is 35.5. The smallest absolute Gasteiger partial charge is 0.287 e. The molecule has 1 aliphatic heterocycles. The Hall–Kier alpha value is -1.63. The van der Waals surface area contributed by atoms with E-state index in [4.69, 9.17) is 27.9 Å². The number of halogens is 4. The Labute approximate surface area is 160 Å². The van der Waals surface area contributed by atoms with Gasteiger partial charge in [0.2, 0.25) is 0 Å². The molecule has 0 amide bonds. The molecule has 0 saturated heterocycles. The van der Waals surface area contributed by atoms with Crippen LogP contribution in [-0.2, 0) is 10.2 Å². The Morgan fingerprint density at radius 2 is 1.88 bits per heavy atom. The van der Waals surface area contributed by atoms with Crippen LogP contribution in [0.4, 0.5) is 20.3 Å². The molecule has 1 aromatic heterocycles. The average molecular weight is 403 g/mol. The third kappa shape index (κ3) is 3.00. The summed E-state index contributed by atoms with van der Waals surface area (Å²) >= 11 is 12.1. The fourth-order valence-electron chi connectivity index (χ4n) is 3.28. The monoisotopic (exact) mass is 402 g/mol. The van der Waals surface area contributed by atoms with Gasteiger partial charge in [0, 0.05) is 17.5 Å². The van der Waals surface area contributed by atoms with Crippen LogP contribution in [0, 0.1) is 5.21 Å². The molecule has 3 rings (SSSR count). The molecule has 1 N–H and O–H groups in total. The Kier molecular flexibility index (Phi) is 4.80. The molecule has 2 aromatic rings. The molecule has 0 fully saturated rings. The Balaban J connectivity index is 2.38. The maximum atomic E-state index is 15.2. The normalized spacial score (nSPS) is 19.1. The number of hydrogen-bond acceptors (Lipinski definition) is 3. The van der Waals surface area contributed by atoms with E-state index >= 15 is 8.78 Å². The number of benzene rings is 1. The van der Waals surface area contributed by atoms with Crippen molar-refractivity contribution in [2.75, 3.05) is 11.9 Å². The molecule has 2 heterocycles. The molecule has 8 heteroatoms. The summed E-state index contributed by atoms with van der Waals surface area (Å²) in [6.07, 6.45) is 0.838. The van der Waals surface area contributed by atoms with Crippen LogP contribution >= 0.6 is 23.2 Å². The zero-order chi connectivity index (χ0) is 19.3. The molecule has 0 radical (unpaired) electrons. The highest BCUT2D eigenvalue weighted by Crippen LogP contribution is 2.53. The third-order valence-electron chi connectivity index (χ3n) is 4.54. The molecule has 0 spiro atoms. The second-order valence-corrected chi connectivity index (χ2v) is 7.59. The van der Waals surface area contributed by atoms with E-state index in [0.29, 0.717) is 15.4 Å². The van der Waals surface area contributed by atoms with Crippen LogP contribution in [0.25, 0.3) is 0 Å². The number of alkyl halides is 2. The zero-order valence-corrected chi connectivity index (χ0v) is 16.0. The number of aromatic nitrogens is 1. The van der Waals surface area contributed by atoms with Gasteiger partial charge in [-0.3, -0.25) is 0 Å². The van der Waals surface area contributed by atoms with Gasteiger partial charge >= 0.3 is 0 Å². The average Bonchev–Trinajstić information content (AvgIpc) is 2.51. The van der Waals surface area contributed by atoms with Crippen molar-refractivity contribution in [3.63, 3.8) is 0 Å². The highest BCUT2D eigenvalue weighted by molar-refractivity contribution is 6.31. The first kappa shape index (κ1) is 19.1. The lowest BCUT2D eigenvalue weighted by Gasteiger charge is -2.42. The second-order valence-electron chi connectivity index (χ2n) is 6.71. The fraction of sp³-hybridized carbons (Fsp3) is 0.389. The topological polar surface area (TPSA) is 48.2 Å². The molecule has 1 aliphatic rings. The largest absolute Gasteiger partial charge is 0.711 e. The van der Waals surface area contributed by atoms with Gasteiger partial charge in [-0.15, -0.1) is 0 Å². The van der Waals surface area contributed by atoms with Gasteiger partial charge in [-0.25, -0.2) is 18.8 Å². The summed E-state index contributed by atoms with van der Waals surface area (Å²) in [5, 5.41) is 15.7. The third-order valence-corrected chi connectivity index (χ3v) is 4.98. The minimum absolute atomic E-state index is 0.00176. The van der Waals surface area contributed by atoms with Gasteiger partial charge in [0.05, 0.1) is 23.3 Å². The van der Waals surface area contributed by atoms with Crippen LogP contribution in [0.5, 0.6) is 0 Å². The number of hydrogen-bond donors (Lipinski definition) is 1. The number of pyridine rings is 1. The summed E-state index contributed by atoms with van der Waals surface area (Å²) in [5.74, 6) is -3.27. The molecule has 1 aromatic carbocycles.